The highest BCUT2D eigenvalue weighted by Gasteiger charge is 2.14. The maximum atomic E-state index is 12.2. The molecule has 0 spiro atoms. The third-order valence-corrected chi connectivity index (χ3v) is 6.16. The van der Waals surface area contributed by atoms with Gasteiger partial charge in [0.15, 0.2) is 5.96 Å². The van der Waals surface area contributed by atoms with Crippen LogP contribution in [0.1, 0.15) is 37.0 Å². The van der Waals surface area contributed by atoms with Crippen LogP contribution < -0.4 is 15.8 Å². The number of aryl methyl sites for hydroxylation is 2. The topological polar surface area (TPSA) is 96.6 Å². The number of sulfonamides is 1. The highest BCUT2D eigenvalue weighted by Crippen LogP contribution is 2.24. The lowest BCUT2D eigenvalue weighted by molar-refractivity contribution is 0.560. The Kier molecular flexibility index (Phi) is 8.47. The first-order valence-electron chi connectivity index (χ1n) is 9.61. The normalized spacial score (nSPS) is 13.8. The first-order valence-corrected chi connectivity index (χ1v) is 11.1. The van der Waals surface area contributed by atoms with Gasteiger partial charge in [0.05, 0.1) is 11.4 Å². The van der Waals surface area contributed by atoms with E-state index in [1.54, 1.807) is 24.3 Å². The molecule has 0 saturated heterocycles. The molecule has 0 radical (unpaired) electrons. The van der Waals surface area contributed by atoms with Crippen molar-refractivity contribution in [2.45, 2.75) is 44.6 Å². The molecule has 0 aromatic heterocycles. The summed E-state index contributed by atoms with van der Waals surface area (Å²) in [5.41, 5.74) is 10.6. The Morgan fingerprint density at radius 3 is 2.48 bits per heavy atom. The Morgan fingerprint density at radius 2 is 1.79 bits per heavy atom. The number of nitrogens with zero attached hydrogens (tertiary/aromatic N) is 1. The molecule has 0 unspecified atom stereocenters. The van der Waals surface area contributed by atoms with Gasteiger partial charge >= 0.3 is 0 Å². The third kappa shape index (κ3) is 6.68. The summed E-state index contributed by atoms with van der Waals surface area (Å²) in [4.78, 5) is 4.61. The molecule has 2 aromatic rings. The molecule has 2 aromatic carbocycles. The quantitative estimate of drug-likeness (QED) is 0.291. The van der Waals surface area contributed by atoms with Crippen molar-refractivity contribution in [3.05, 3.63) is 59.2 Å². The molecular formula is C21H29IN4O2S. The lowest BCUT2D eigenvalue weighted by Gasteiger charge is -2.09. The largest absolute Gasteiger partial charge is 0.370 e. The number of nitrogens with one attached hydrogen (secondary N) is 2. The van der Waals surface area contributed by atoms with E-state index in [4.69, 9.17) is 5.73 Å². The summed E-state index contributed by atoms with van der Waals surface area (Å²) >= 11 is 0. The number of guanidine groups is 1. The lowest BCUT2D eigenvalue weighted by Crippen LogP contribution is -2.27. The van der Waals surface area contributed by atoms with Gasteiger partial charge in [-0.2, -0.15) is 0 Å². The van der Waals surface area contributed by atoms with E-state index in [1.807, 2.05) is 19.9 Å². The van der Waals surface area contributed by atoms with E-state index >= 15 is 0 Å². The van der Waals surface area contributed by atoms with Crippen LogP contribution in [0.2, 0.25) is 0 Å². The number of halogens is 1. The molecule has 29 heavy (non-hydrogen) atoms. The molecular weight excluding hydrogens is 499 g/mol. The van der Waals surface area contributed by atoms with Crippen molar-refractivity contribution in [2.75, 3.05) is 11.9 Å². The molecule has 1 aliphatic carbocycles. The Hall–Kier alpha value is -1.65. The minimum atomic E-state index is -3.47. The fourth-order valence-corrected chi connectivity index (χ4v) is 4.36. The average molecular weight is 528 g/mol. The summed E-state index contributed by atoms with van der Waals surface area (Å²) in [6, 6.07) is 13.0. The maximum absolute atomic E-state index is 12.2. The van der Waals surface area contributed by atoms with Gasteiger partial charge in [-0.25, -0.2) is 18.1 Å². The Labute approximate surface area is 190 Å². The van der Waals surface area contributed by atoms with Gasteiger partial charge in [0.25, 0.3) is 0 Å². The fourth-order valence-electron chi connectivity index (χ4n) is 3.15. The predicted molar refractivity (Wildman–Crippen MR) is 129 cm³/mol. The molecule has 0 aliphatic heterocycles. The van der Waals surface area contributed by atoms with Gasteiger partial charge < -0.3 is 11.1 Å². The van der Waals surface area contributed by atoms with Crippen LogP contribution in [0.4, 0.5) is 5.69 Å². The molecule has 0 bridgehead atoms. The van der Waals surface area contributed by atoms with E-state index in [9.17, 15) is 8.42 Å². The Bertz CT molecular complexity index is 957. The number of benzene rings is 2. The number of rotatable bonds is 7. The molecule has 6 nitrogen and oxygen atoms in total. The van der Waals surface area contributed by atoms with Crippen LogP contribution in [0.25, 0.3) is 0 Å². The average Bonchev–Trinajstić information content (AvgIpc) is 3.13. The van der Waals surface area contributed by atoms with Gasteiger partial charge in [-0.05, 0) is 66.1 Å². The van der Waals surface area contributed by atoms with E-state index in [-0.39, 0.29) is 34.8 Å². The number of hydrogen-bond acceptors (Lipinski definition) is 3. The van der Waals surface area contributed by atoms with Crippen LogP contribution in [0, 0.1) is 5.92 Å². The maximum Gasteiger partial charge on any atom is 0.240 e. The lowest BCUT2D eigenvalue weighted by atomic mass is 10.1. The fraction of sp³-hybridized carbons (Fsp3) is 0.381. The molecule has 158 valence electrons. The Morgan fingerprint density at radius 1 is 1.10 bits per heavy atom. The molecule has 0 saturated carbocycles. The number of anilines is 1. The second-order valence-electron chi connectivity index (χ2n) is 7.55. The number of fused-ring (bicyclic) bond motifs is 1. The number of aliphatic imine (C=N–C) groups is 1. The van der Waals surface area contributed by atoms with Crippen molar-refractivity contribution in [3.63, 3.8) is 0 Å². The zero-order valence-corrected chi connectivity index (χ0v) is 20.0. The Balaban J connectivity index is 0.00000300. The van der Waals surface area contributed by atoms with Crippen LogP contribution in [0.5, 0.6) is 0 Å². The SMILES string of the molecule is CC(C)CNS(=O)(=O)c1ccc(CN=C(N)Nc2ccc3c(c2)CCC3)cc1.I. The van der Waals surface area contributed by atoms with E-state index in [2.05, 4.69) is 27.2 Å². The molecule has 4 N–H and O–H groups in total. The highest BCUT2D eigenvalue weighted by molar-refractivity contribution is 14.0. The first-order chi connectivity index (χ1) is 13.3. The number of hydrogen-bond donors (Lipinski definition) is 3. The predicted octanol–water partition coefficient (Wildman–Crippen LogP) is 3.65. The number of nitrogens with two attached hydrogens (primary N) is 1. The molecule has 1 aliphatic rings. The van der Waals surface area contributed by atoms with Crippen molar-refractivity contribution in [3.8, 4) is 0 Å². The molecule has 8 heteroatoms. The van der Waals surface area contributed by atoms with Gasteiger partial charge in [0.2, 0.25) is 10.0 Å². The zero-order valence-electron chi connectivity index (χ0n) is 16.8. The van der Waals surface area contributed by atoms with Gasteiger partial charge in [-0.1, -0.05) is 32.0 Å². The molecule has 0 fully saturated rings. The second-order valence-corrected chi connectivity index (χ2v) is 9.32. The van der Waals surface area contributed by atoms with Gasteiger partial charge in [-0.3, -0.25) is 0 Å². The van der Waals surface area contributed by atoms with E-state index in [0.717, 1.165) is 24.1 Å². The highest BCUT2D eigenvalue weighted by atomic mass is 127. The molecule has 0 amide bonds. The van der Waals surface area contributed by atoms with E-state index < -0.39 is 10.0 Å². The summed E-state index contributed by atoms with van der Waals surface area (Å²) in [6.07, 6.45) is 3.47. The van der Waals surface area contributed by atoms with Gasteiger partial charge in [0, 0.05) is 12.2 Å². The first kappa shape index (κ1) is 23.6. The van der Waals surface area contributed by atoms with Crippen molar-refractivity contribution in [2.24, 2.45) is 16.6 Å². The van der Waals surface area contributed by atoms with Crippen LogP contribution in [-0.2, 0) is 29.4 Å². The van der Waals surface area contributed by atoms with E-state index in [0.29, 0.717) is 19.0 Å². The zero-order chi connectivity index (χ0) is 20.1. The van der Waals surface area contributed by atoms with Gasteiger partial charge in [-0.15, -0.1) is 24.0 Å². The molecule has 3 rings (SSSR count). The van der Waals surface area contributed by atoms with Crippen molar-refractivity contribution in [1.29, 1.82) is 0 Å². The molecule has 0 atom stereocenters. The summed E-state index contributed by atoms with van der Waals surface area (Å²) < 4.78 is 27.1. The van der Waals surface area contributed by atoms with Gasteiger partial charge in [0.1, 0.15) is 0 Å². The second kappa shape index (κ2) is 10.4. The summed E-state index contributed by atoms with van der Waals surface area (Å²) in [5.74, 6) is 0.595. The minimum Gasteiger partial charge on any atom is -0.370 e. The van der Waals surface area contributed by atoms with Crippen molar-refractivity contribution >= 4 is 45.6 Å². The molecule has 0 heterocycles. The van der Waals surface area contributed by atoms with Crippen LogP contribution in [0.3, 0.4) is 0 Å². The van der Waals surface area contributed by atoms with E-state index in [1.165, 1.54) is 17.5 Å². The van der Waals surface area contributed by atoms with Crippen LogP contribution >= 0.6 is 24.0 Å². The van der Waals surface area contributed by atoms with Crippen LogP contribution in [-0.4, -0.2) is 20.9 Å². The van der Waals surface area contributed by atoms with Crippen molar-refractivity contribution < 1.29 is 8.42 Å². The minimum absolute atomic E-state index is 0. The standard InChI is InChI=1S/C21H28N4O2S.HI/c1-15(2)13-24-28(26,27)20-10-6-16(7-11-20)14-23-21(22)25-19-9-8-17-4-3-5-18(17)12-19;/h6-12,15,24H,3-5,13-14H2,1-2H3,(H3,22,23,25);1H. The summed E-state index contributed by atoms with van der Waals surface area (Å²) in [5, 5.41) is 3.13. The summed E-state index contributed by atoms with van der Waals surface area (Å²) in [7, 11) is -3.47. The van der Waals surface area contributed by atoms with Crippen molar-refractivity contribution in [1.82, 2.24) is 4.72 Å². The monoisotopic (exact) mass is 528 g/mol. The smallest absolute Gasteiger partial charge is 0.240 e. The summed E-state index contributed by atoms with van der Waals surface area (Å²) in [6.45, 7) is 4.72. The third-order valence-electron chi connectivity index (χ3n) is 4.72. The van der Waals surface area contributed by atoms with Crippen LogP contribution in [0.15, 0.2) is 52.4 Å².